The van der Waals surface area contributed by atoms with Crippen molar-refractivity contribution in [1.82, 2.24) is 5.43 Å². The Hall–Kier alpha value is -2.40. The van der Waals surface area contributed by atoms with E-state index in [1.54, 1.807) is 31.4 Å². The van der Waals surface area contributed by atoms with E-state index in [9.17, 15) is 9.18 Å². The van der Waals surface area contributed by atoms with Gasteiger partial charge in [-0.3, -0.25) is 4.79 Å². The number of hydrogen-bond acceptors (Lipinski definition) is 3. The molecule has 2 aromatic carbocycles. The van der Waals surface area contributed by atoms with Gasteiger partial charge in [-0.25, -0.2) is 9.82 Å². The van der Waals surface area contributed by atoms with Crippen molar-refractivity contribution < 1.29 is 13.9 Å². The molecule has 0 spiro atoms. The zero-order valence-corrected chi connectivity index (χ0v) is 11.9. The van der Waals surface area contributed by atoms with Crippen LogP contribution in [0, 0.1) is 5.82 Å². The number of halogens is 2. The second-order valence-corrected chi connectivity index (χ2v) is 4.50. The predicted octanol–water partition coefficient (Wildman–Crippen LogP) is 3.25. The number of amides is 1. The molecular formula is C15H12ClFN2O2. The van der Waals surface area contributed by atoms with E-state index in [-0.39, 0.29) is 10.9 Å². The van der Waals surface area contributed by atoms with Crippen LogP contribution in [0.1, 0.15) is 15.9 Å². The van der Waals surface area contributed by atoms with E-state index in [4.69, 9.17) is 16.3 Å². The van der Waals surface area contributed by atoms with Crippen molar-refractivity contribution in [3.63, 3.8) is 0 Å². The molecule has 6 heteroatoms. The van der Waals surface area contributed by atoms with Gasteiger partial charge in [-0.15, -0.1) is 0 Å². The first-order valence-corrected chi connectivity index (χ1v) is 6.40. The molecule has 2 rings (SSSR count). The Balaban J connectivity index is 2.01. The normalized spacial score (nSPS) is 10.6. The Morgan fingerprint density at radius 2 is 2.00 bits per heavy atom. The average Bonchev–Trinajstić information content (AvgIpc) is 2.49. The highest BCUT2D eigenvalue weighted by Gasteiger charge is 2.04. The third-order valence-corrected chi connectivity index (χ3v) is 3.01. The molecule has 0 unspecified atom stereocenters. The van der Waals surface area contributed by atoms with Crippen molar-refractivity contribution in [2.75, 3.05) is 7.11 Å². The summed E-state index contributed by atoms with van der Waals surface area (Å²) in [7, 11) is 1.55. The lowest BCUT2D eigenvalue weighted by molar-refractivity contribution is 0.0955. The minimum atomic E-state index is -0.431. The van der Waals surface area contributed by atoms with Crippen molar-refractivity contribution >= 4 is 23.7 Å². The molecule has 0 aliphatic rings. The molecule has 2 aromatic rings. The Bertz CT molecular complexity index is 672. The smallest absolute Gasteiger partial charge is 0.271 e. The van der Waals surface area contributed by atoms with Gasteiger partial charge in [-0.1, -0.05) is 11.6 Å². The van der Waals surface area contributed by atoms with Crippen molar-refractivity contribution in [3.05, 3.63) is 64.4 Å². The van der Waals surface area contributed by atoms with E-state index in [0.717, 1.165) is 0 Å². The topological polar surface area (TPSA) is 50.7 Å². The van der Waals surface area contributed by atoms with Crippen LogP contribution in [-0.2, 0) is 0 Å². The number of ether oxygens (including phenoxy) is 1. The minimum Gasteiger partial charge on any atom is -0.497 e. The molecular weight excluding hydrogens is 295 g/mol. The molecule has 0 saturated carbocycles. The Morgan fingerprint density at radius 3 is 2.62 bits per heavy atom. The molecule has 0 aromatic heterocycles. The van der Waals surface area contributed by atoms with Crippen molar-refractivity contribution in [1.29, 1.82) is 0 Å². The van der Waals surface area contributed by atoms with Crippen molar-refractivity contribution in [2.45, 2.75) is 0 Å². The summed E-state index contributed by atoms with van der Waals surface area (Å²) in [4.78, 5) is 11.8. The van der Waals surface area contributed by atoms with Crippen molar-refractivity contribution in [3.8, 4) is 5.75 Å². The lowest BCUT2D eigenvalue weighted by atomic mass is 10.2. The monoisotopic (exact) mass is 306 g/mol. The second kappa shape index (κ2) is 6.85. The number of benzene rings is 2. The van der Waals surface area contributed by atoms with Crippen LogP contribution in [0.15, 0.2) is 47.6 Å². The third-order valence-electron chi connectivity index (χ3n) is 2.68. The first-order valence-electron chi connectivity index (χ1n) is 6.02. The fraction of sp³-hybridized carbons (Fsp3) is 0.0667. The van der Waals surface area contributed by atoms with Crippen LogP contribution in [0.5, 0.6) is 5.75 Å². The van der Waals surface area contributed by atoms with Gasteiger partial charge in [0, 0.05) is 11.1 Å². The first-order chi connectivity index (χ1) is 10.1. The first kappa shape index (κ1) is 15.0. The summed E-state index contributed by atoms with van der Waals surface area (Å²) in [5, 5.41) is 4.01. The number of carbonyl (C=O) groups is 1. The molecule has 0 fully saturated rings. The second-order valence-electron chi connectivity index (χ2n) is 4.09. The SMILES string of the molecule is COc1ccc(C(=O)NN=Cc2ccc(F)cc2Cl)cc1. The highest BCUT2D eigenvalue weighted by molar-refractivity contribution is 6.33. The highest BCUT2D eigenvalue weighted by Crippen LogP contribution is 2.15. The summed E-state index contributed by atoms with van der Waals surface area (Å²) >= 11 is 5.84. The average molecular weight is 307 g/mol. The maximum atomic E-state index is 12.9. The molecule has 1 N–H and O–H groups in total. The van der Waals surface area contributed by atoms with Crippen LogP contribution in [0.2, 0.25) is 5.02 Å². The van der Waals surface area contributed by atoms with Crippen molar-refractivity contribution in [2.24, 2.45) is 5.10 Å². The molecule has 0 heterocycles. The number of nitrogens with zero attached hydrogens (tertiary/aromatic N) is 1. The predicted molar refractivity (Wildman–Crippen MR) is 79.5 cm³/mol. The molecule has 108 valence electrons. The molecule has 0 atom stereocenters. The van der Waals surface area contributed by atoms with E-state index in [0.29, 0.717) is 16.9 Å². The molecule has 21 heavy (non-hydrogen) atoms. The number of hydrogen-bond donors (Lipinski definition) is 1. The Kier molecular flexibility index (Phi) is 4.90. The maximum Gasteiger partial charge on any atom is 0.271 e. The number of rotatable bonds is 4. The van der Waals surface area contributed by atoms with Crippen LogP contribution < -0.4 is 10.2 Å². The number of hydrazone groups is 1. The van der Waals surface area contributed by atoms with Gasteiger partial charge < -0.3 is 4.74 Å². The summed E-state index contributed by atoms with van der Waals surface area (Å²) in [6.07, 6.45) is 1.35. The van der Waals surface area contributed by atoms with E-state index in [1.165, 1.54) is 24.4 Å². The molecule has 4 nitrogen and oxygen atoms in total. The van der Waals surface area contributed by atoms with Crippen LogP contribution >= 0.6 is 11.6 Å². The van der Waals surface area contributed by atoms with Gasteiger partial charge in [0.25, 0.3) is 5.91 Å². The highest BCUT2D eigenvalue weighted by atomic mass is 35.5. The maximum absolute atomic E-state index is 12.9. The standard InChI is InChI=1S/C15H12ClFN2O2/c1-21-13-6-3-10(4-7-13)15(20)19-18-9-11-2-5-12(17)8-14(11)16/h2-9H,1H3,(H,19,20). The summed E-state index contributed by atoms with van der Waals surface area (Å²) < 4.78 is 17.9. The summed E-state index contributed by atoms with van der Waals surface area (Å²) in [5.41, 5.74) is 3.31. The summed E-state index contributed by atoms with van der Waals surface area (Å²) in [6.45, 7) is 0. The van der Waals surface area contributed by atoms with E-state index >= 15 is 0 Å². The van der Waals surface area contributed by atoms with Gasteiger partial charge in [0.1, 0.15) is 11.6 Å². The van der Waals surface area contributed by atoms with Crippen LogP contribution in [0.25, 0.3) is 0 Å². The van der Waals surface area contributed by atoms with Crippen LogP contribution in [0.3, 0.4) is 0 Å². The van der Waals surface area contributed by atoms with Crippen LogP contribution in [0.4, 0.5) is 4.39 Å². The zero-order valence-electron chi connectivity index (χ0n) is 11.1. The van der Waals surface area contributed by atoms with Gasteiger partial charge in [-0.2, -0.15) is 5.10 Å². The van der Waals surface area contributed by atoms with E-state index < -0.39 is 5.82 Å². The van der Waals surface area contributed by atoms with Gasteiger partial charge in [0.05, 0.1) is 18.3 Å². The third kappa shape index (κ3) is 4.03. The van der Waals surface area contributed by atoms with Crippen LogP contribution in [-0.4, -0.2) is 19.2 Å². The molecule has 1 amide bonds. The lowest BCUT2D eigenvalue weighted by Gasteiger charge is -2.02. The van der Waals surface area contributed by atoms with E-state index in [2.05, 4.69) is 10.5 Å². The summed E-state index contributed by atoms with van der Waals surface area (Å²) in [5.74, 6) is -0.139. The molecule has 0 radical (unpaired) electrons. The van der Waals surface area contributed by atoms with E-state index in [1.807, 2.05) is 0 Å². The quantitative estimate of drug-likeness (QED) is 0.696. The summed E-state index contributed by atoms with van der Waals surface area (Å²) in [6, 6.07) is 10.5. The fourth-order valence-corrected chi connectivity index (χ4v) is 1.79. The molecule has 0 saturated heterocycles. The molecule has 0 bridgehead atoms. The largest absolute Gasteiger partial charge is 0.497 e. The van der Waals surface area contributed by atoms with Gasteiger partial charge >= 0.3 is 0 Å². The van der Waals surface area contributed by atoms with Gasteiger partial charge in [-0.05, 0) is 42.5 Å². The molecule has 0 aliphatic heterocycles. The number of methoxy groups -OCH3 is 1. The number of nitrogens with one attached hydrogen (secondary N) is 1. The Labute approximate surface area is 126 Å². The van der Waals surface area contributed by atoms with Gasteiger partial charge in [0.2, 0.25) is 0 Å². The zero-order chi connectivity index (χ0) is 15.2. The lowest BCUT2D eigenvalue weighted by Crippen LogP contribution is -2.17. The number of carbonyl (C=O) groups excluding carboxylic acids is 1. The van der Waals surface area contributed by atoms with Gasteiger partial charge in [0.15, 0.2) is 0 Å². The molecule has 0 aliphatic carbocycles. The minimum absolute atomic E-state index is 0.220. The Morgan fingerprint density at radius 1 is 1.29 bits per heavy atom. The fourth-order valence-electron chi connectivity index (χ4n) is 1.57.